The van der Waals surface area contributed by atoms with E-state index in [9.17, 15) is 19.7 Å². The number of non-ortho nitro benzene ring substituents is 1. The van der Waals surface area contributed by atoms with Gasteiger partial charge in [0.25, 0.3) is 5.69 Å². The molecule has 164 valence electrons. The Morgan fingerprint density at radius 3 is 1.90 bits per heavy atom. The molecule has 0 radical (unpaired) electrons. The molecule has 0 heterocycles. The molecular weight excluding hydrogens is 422 g/mol. The summed E-state index contributed by atoms with van der Waals surface area (Å²) in [4.78, 5) is 35.1. The van der Waals surface area contributed by atoms with Crippen molar-refractivity contribution in [2.75, 3.05) is 10.6 Å². The lowest BCUT2D eigenvalue weighted by molar-refractivity contribution is -0.384. The first-order chi connectivity index (χ1) is 14.5. The van der Waals surface area contributed by atoms with Crippen molar-refractivity contribution in [3.05, 3.63) is 63.7 Å². The molecule has 0 amide bonds. The number of thiocarbonyl (C=S) groups is 1. The number of carbonyl (C=O) groups is 2. The Bertz CT molecular complexity index is 966. The number of nitro groups is 1. The Morgan fingerprint density at radius 1 is 0.903 bits per heavy atom. The molecule has 0 spiro atoms. The minimum absolute atomic E-state index is 0.0926. The maximum absolute atomic E-state index is 12.4. The summed E-state index contributed by atoms with van der Waals surface area (Å²) in [5.74, 6) is -1.20. The lowest BCUT2D eigenvalue weighted by atomic mass is 10.1. The number of benzene rings is 2. The minimum atomic E-state index is -0.602. The van der Waals surface area contributed by atoms with Crippen LogP contribution in [0.2, 0.25) is 0 Å². The maximum Gasteiger partial charge on any atom is 0.338 e. The van der Waals surface area contributed by atoms with Gasteiger partial charge in [0, 0.05) is 23.5 Å². The van der Waals surface area contributed by atoms with Gasteiger partial charge in [-0.2, -0.15) is 0 Å². The molecule has 0 aliphatic rings. The average Bonchev–Trinajstić information content (AvgIpc) is 2.66. The van der Waals surface area contributed by atoms with Crippen LogP contribution in [-0.4, -0.2) is 34.2 Å². The van der Waals surface area contributed by atoms with Crippen LogP contribution >= 0.6 is 12.2 Å². The van der Waals surface area contributed by atoms with Crippen molar-refractivity contribution < 1.29 is 24.0 Å². The topological polar surface area (TPSA) is 120 Å². The van der Waals surface area contributed by atoms with Gasteiger partial charge in [-0.05, 0) is 64.2 Å². The number of esters is 2. The number of ether oxygens (including phenoxy) is 2. The smallest absolute Gasteiger partial charge is 0.338 e. The Kier molecular flexibility index (Phi) is 8.03. The quantitative estimate of drug-likeness (QED) is 0.274. The molecule has 2 aromatic rings. The van der Waals surface area contributed by atoms with Crippen LogP contribution in [0.3, 0.4) is 0 Å². The second-order valence-electron chi connectivity index (χ2n) is 7.09. The van der Waals surface area contributed by atoms with Gasteiger partial charge in [0.15, 0.2) is 5.11 Å². The molecule has 0 atom stereocenters. The van der Waals surface area contributed by atoms with Gasteiger partial charge in [-0.3, -0.25) is 10.1 Å². The second-order valence-corrected chi connectivity index (χ2v) is 7.50. The number of hydrogen-bond acceptors (Lipinski definition) is 7. The lowest BCUT2D eigenvalue weighted by Gasteiger charge is -2.15. The third kappa shape index (κ3) is 7.34. The number of nitrogens with one attached hydrogen (secondary N) is 2. The van der Waals surface area contributed by atoms with E-state index in [1.807, 2.05) is 0 Å². The summed E-state index contributed by atoms with van der Waals surface area (Å²) in [6.45, 7) is 6.86. The third-order valence-corrected chi connectivity index (χ3v) is 3.87. The van der Waals surface area contributed by atoms with E-state index >= 15 is 0 Å². The molecule has 31 heavy (non-hydrogen) atoms. The summed E-state index contributed by atoms with van der Waals surface area (Å²) >= 11 is 5.26. The van der Waals surface area contributed by atoms with Crippen molar-refractivity contribution in [3.63, 3.8) is 0 Å². The summed E-state index contributed by atoms with van der Waals surface area (Å²) in [7, 11) is 0. The van der Waals surface area contributed by atoms with E-state index in [4.69, 9.17) is 21.7 Å². The SMILES string of the molecule is CC(C)OC(=O)c1cc(NC(=S)Nc2cccc([N+](=O)[O-])c2)cc(C(=O)OC(C)C)c1. The molecular formula is C21H23N3O6S. The Morgan fingerprint density at radius 2 is 1.42 bits per heavy atom. The second kappa shape index (κ2) is 10.5. The molecule has 0 fully saturated rings. The number of carbonyl (C=O) groups excluding carboxylic acids is 2. The molecule has 0 aliphatic heterocycles. The predicted molar refractivity (Wildman–Crippen MR) is 120 cm³/mol. The minimum Gasteiger partial charge on any atom is -0.459 e. The van der Waals surface area contributed by atoms with Crippen LogP contribution in [0.5, 0.6) is 0 Å². The Hall–Kier alpha value is -3.53. The van der Waals surface area contributed by atoms with Crippen molar-refractivity contribution in [2.24, 2.45) is 0 Å². The van der Waals surface area contributed by atoms with Crippen molar-refractivity contribution in [3.8, 4) is 0 Å². The summed E-state index contributed by atoms with van der Waals surface area (Å²) < 4.78 is 10.4. The molecule has 2 rings (SSSR count). The number of nitro benzene ring substituents is 1. The van der Waals surface area contributed by atoms with Crippen LogP contribution in [0.4, 0.5) is 17.1 Å². The highest BCUT2D eigenvalue weighted by atomic mass is 32.1. The van der Waals surface area contributed by atoms with Crippen molar-refractivity contribution in [2.45, 2.75) is 39.9 Å². The van der Waals surface area contributed by atoms with E-state index in [0.29, 0.717) is 11.4 Å². The maximum atomic E-state index is 12.4. The van der Waals surface area contributed by atoms with Gasteiger partial charge in [0.1, 0.15) is 0 Å². The first-order valence-corrected chi connectivity index (χ1v) is 9.85. The number of nitrogens with zero attached hydrogens (tertiary/aromatic N) is 1. The summed E-state index contributed by atoms with van der Waals surface area (Å²) in [5.41, 5.74) is 0.948. The van der Waals surface area contributed by atoms with Gasteiger partial charge in [-0.15, -0.1) is 0 Å². The van der Waals surface area contributed by atoms with Crippen molar-refractivity contribution in [1.82, 2.24) is 0 Å². The number of hydrogen-bond donors (Lipinski definition) is 2. The summed E-state index contributed by atoms with van der Waals surface area (Å²) in [5, 5.41) is 16.7. The van der Waals surface area contributed by atoms with E-state index in [1.165, 1.54) is 36.4 Å². The molecule has 9 nitrogen and oxygen atoms in total. The monoisotopic (exact) mass is 445 g/mol. The zero-order valence-electron chi connectivity index (χ0n) is 17.5. The lowest BCUT2D eigenvalue weighted by Crippen LogP contribution is -2.20. The van der Waals surface area contributed by atoms with E-state index in [1.54, 1.807) is 33.8 Å². The van der Waals surface area contributed by atoms with Crippen LogP contribution < -0.4 is 10.6 Å². The van der Waals surface area contributed by atoms with Crippen LogP contribution in [0.15, 0.2) is 42.5 Å². The molecule has 0 unspecified atom stereocenters. The van der Waals surface area contributed by atoms with Crippen LogP contribution in [-0.2, 0) is 9.47 Å². The average molecular weight is 445 g/mol. The number of anilines is 2. The van der Waals surface area contributed by atoms with Crippen molar-refractivity contribution >= 4 is 46.3 Å². The number of rotatable bonds is 7. The zero-order valence-corrected chi connectivity index (χ0v) is 18.3. The molecule has 10 heteroatoms. The largest absolute Gasteiger partial charge is 0.459 e. The van der Waals surface area contributed by atoms with Gasteiger partial charge >= 0.3 is 11.9 Å². The van der Waals surface area contributed by atoms with Gasteiger partial charge < -0.3 is 20.1 Å². The van der Waals surface area contributed by atoms with E-state index < -0.39 is 16.9 Å². The fourth-order valence-electron chi connectivity index (χ4n) is 2.49. The van der Waals surface area contributed by atoms with E-state index in [-0.39, 0.29) is 34.1 Å². The van der Waals surface area contributed by atoms with Gasteiger partial charge in [-0.25, -0.2) is 9.59 Å². The van der Waals surface area contributed by atoms with Gasteiger partial charge in [0.2, 0.25) is 0 Å². The van der Waals surface area contributed by atoms with E-state index in [0.717, 1.165) is 0 Å². The zero-order chi connectivity index (χ0) is 23.1. The molecule has 0 aliphatic carbocycles. The van der Waals surface area contributed by atoms with Gasteiger partial charge in [-0.1, -0.05) is 6.07 Å². The van der Waals surface area contributed by atoms with Crippen LogP contribution in [0.1, 0.15) is 48.4 Å². The molecule has 0 aromatic heterocycles. The Balaban J connectivity index is 2.27. The highest BCUT2D eigenvalue weighted by Gasteiger charge is 2.17. The molecule has 0 bridgehead atoms. The third-order valence-electron chi connectivity index (χ3n) is 3.66. The molecule has 2 aromatic carbocycles. The first kappa shape index (κ1) is 23.7. The van der Waals surface area contributed by atoms with Crippen LogP contribution in [0, 0.1) is 10.1 Å². The van der Waals surface area contributed by atoms with Crippen LogP contribution in [0.25, 0.3) is 0 Å². The molecule has 0 saturated heterocycles. The highest BCUT2D eigenvalue weighted by Crippen LogP contribution is 2.20. The predicted octanol–water partition coefficient (Wildman–Crippen LogP) is 4.53. The summed E-state index contributed by atoms with van der Waals surface area (Å²) in [6, 6.07) is 10.2. The fourth-order valence-corrected chi connectivity index (χ4v) is 2.73. The van der Waals surface area contributed by atoms with Gasteiger partial charge in [0.05, 0.1) is 28.3 Å². The Labute approximate surface area is 184 Å². The molecule has 2 N–H and O–H groups in total. The normalized spacial score (nSPS) is 10.5. The first-order valence-electron chi connectivity index (χ1n) is 9.44. The van der Waals surface area contributed by atoms with Crippen molar-refractivity contribution in [1.29, 1.82) is 0 Å². The van der Waals surface area contributed by atoms with E-state index in [2.05, 4.69) is 10.6 Å². The fraction of sp³-hybridized carbons (Fsp3) is 0.286. The molecule has 0 saturated carbocycles. The standard InChI is InChI=1S/C21H23N3O6S/c1-12(2)29-19(25)14-8-15(20(26)30-13(3)4)10-17(9-14)23-21(31)22-16-6-5-7-18(11-16)24(27)28/h5-13H,1-4H3,(H2,22,23,31). The summed E-state index contributed by atoms with van der Waals surface area (Å²) in [6.07, 6.45) is -0.682. The highest BCUT2D eigenvalue weighted by molar-refractivity contribution is 7.80.